The van der Waals surface area contributed by atoms with Gasteiger partial charge in [0.05, 0.1) is 47.4 Å². The minimum atomic E-state index is -0.784. The van der Waals surface area contributed by atoms with Crippen LogP contribution in [0.2, 0.25) is 0 Å². The van der Waals surface area contributed by atoms with E-state index in [1.165, 1.54) is 30.6 Å². The lowest BCUT2D eigenvalue weighted by Gasteiger charge is -2.36. The third-order valence-electron chi connectivity index (χ3n) is 8.68. The van der Waals surface area contributed by atoms with Gasteiger partial charge >= 0.3 is 0 Å². The Kier molecular flexibility index (Phi) is 7.85. The van der Waals surface area contributed by atoms with Crippen molar-refractivity contribution in [1.29, 1.82) is 0 Å². The zero-order valence-electron chi connectivity index (χ0n) is 26.3. The molecule has 0 radical (unpaired) electrons. The van der Waals surface area contributed by atoms with Gasteiger partial charge in [-0.3, -0.25) is 14.2 Å². The molecule has 240 valence electrons. The first kappa shape index (κ1) is 30.7. The number of ether oxygens (including phenoxy) is 2. The van der Waals surface area contributed by atoms with Gasteiger partial charge in [-0.2, -0.15) is 10.2 Å². The number of hydrogen-bond donors (Lipinski definition) is 0. The summed E-state index contributed by atoms with van der Waals surface area (Å²) in [4.78, 5) is 19.7. The number of fused-ring (bicyclic) bond motifs is 3. The molecule has 4 aromatic heterocycles. The molecule has 1 aliphatic rings. The summed E-state index contributed by atoms with van der Waals surface area (Å²) >= 11 is 1.43. The number of pyridine rings is 1. The molecule has 9 nitrogen and oxygen atoms in total. The normalized spacial score (nSPS) is 16.2. The Morgan fingerprint density at radius 2 is 1.94 bits per heavy atom. The largest absolute Gasteiger partial charge is 0.490 e. The first-order chi connectivity index (χ1) is 22.7. The van der Waals surface area contributed by atoms with Crippen LogP contribution in [0.25, 0.3) is 54.8 Å². The first-order valence-electron chi connectivity index (χ1n) is 15.2. The Balaban J connectivity index is 1.52. The van der Waals surface area contributed by atoms with Crippen LogP contribution in [0.5, 0.6) is 5.75 Å². The quantitative estimate of drug-likeness (QED) is 0.126. The van der Waals surface area contributed by atoms with Crippen molar-refractivity contribution in [2.45, 2.75) is 25.9 Å². The second-order valence-electron chi connectivity index (χ2n) is 11.6. The molecule has 0 spiro atoms. The van der Waals surface area contributed by atoms with Gasteiger partial charge < -0.3 is 14.4 Å². The highest BCUT2D eigenvalue weighted by Gasteiger charge is 2.34. The molecule has 1 aliphatic heterocycles. The molecular weight excluding hydrogens is 622 g/mol. The predicted octanol–water partition coefficient (Wildman–Crippen LogP) is 7.33. The number of benzene rings is 2. The number of halogens is 2. The highest BCUT2D eigenvalue weighted by molar-refractivity contribution is 7.18. The molecule has 6 aromatic rings. The minimum absolute atomic E-state index is 0.0373. The zero-order valence-corrected chi connectivity index (χ0v) is 27.1. The smallest absolute Gasteiger partial charge is 0.246 e. The summed E-state index contributed by atoms with van der Waals surface area (Å²) < 4.78 is 46.3. The standard InChI is InChI=1S/C35H32F2N6O3S/c1-6-30(44)42-18-19(2)43-28(20(42)3)16-26(40-43)34-32(31-25(37)14-23(36)15-29(31)46-11-10-45-5)35-24(9-12-47-35)33(39-34)21-7-8-27-22(13-21)17-38-41(27)4/h6-9,12-17,19-20H,1,10-11,18H2,2-5H3. The van der Waals surface area contributed by atoms with E-state index in [9.17, 15) is 9.18 Å². The molecule has 0 bridgehead atoms. The van der Waals surface area contributed by atoms with E-state index in [4.69, 9.17) is 19.6 Å². The van der Waals surface area contributed by atoms with E-state index in [-0.39, 0.29) is 42.5 Å². The maximum atomic E-state index is 16.1. The molecule has 7 rings (SSSR count). The maximum Gasteiger partial charge on any atom is 0.246 e. The monoisotopic (exact) mass is 654 g/mol. The fourth-order valence-corrected chi connectivity index (χ4v) is 7.33. The third kappa shape index (κ3) is 5.17. The van der Waals surface area contributed by atoms with E-state index >= 15 is 4.39 Å². The van der Waals surface area contributed by atoms with Crippen LogP contribution in [0.4, 0.5) is 8.78 Å². The van der Waals surface area contributed by atoms with Gasteiger partial charge in [-0.15, -0.1) is 11.3 Å². The van der Waals surface area contributed by atoms with Crippen molar-refractivity contribution in [2.75, 3.05) is 26.9 Å². The Bertz CT molecular complexity index is 2190. The molecule has 0 N–H and O–H groups in total. The van der Waals surface area contributed by atoms with Crippen molar-refractivity contribution in [3.63, 3.8) is 0 Å². The fraction of sp³-hybridized carbons (Fsp3) is 0.257. The lowest BCUT2D eigenvalue weighted by atomic mass is 9.96. The molecule has 47 heavy (non-hydrogen) atoms. The second kappa shape index (κ2) is 12.0. The van der Waals surface area contributed by atoms with Gasteiger partial charge in [-0.1, -0.05) is 12.6 Å². The lowest BCUT2D eigenvalue weighted by molar-refractivity contribution is -0.129. The van der Waals surface area contributed by atoms with E-state index in [1.807, 2.05) is 66.0 Å². The van der Waals surface area contributed by atoms with Crippen LogP contribution in [-0.4, -0.2) is 62.2 Å². The summed E-state index contributed by atoms with van der Waals surface area (Å²) in [6, 6.07) is 11.5. The zero-order chi connectivity index (χ0) is 33.0. The van der Waals surface area contributed by atoms with Gasteiger partial charge in [-0.05, 0) is 49.6 Å². The summed E-state index contributed by atoms with van der Waals surface area (Å²) in [5.41, 5.74) is 4.75. The number of carbonyl (C=O) groups is 1. The number of hydrogen-bond acceptors (Lipinski definition) is 7. The van der Waals surface area contributed by atoms with Gasteiger partial charge in [-0.25, -0.2) is 13.8 Å². The number of nitrogens with zero attached hydrogens (tertiary/aromatic N) is 6. The van der Waals surface area contributed by atoms with Crippen molar-refractivity contribution in [2.24, 2.45) is 7.05 Å². The average Bonchev–Trinajstić information content (AvgIpc) is 3.81. The van der Waals surface area contributed by atoms with E-state index in [0.29, 0.717) is 29.2 Å². The van der Waals surface area contributed by atoms with Crippen molar-refractivity contribution in [1.82, 2.24) is 29.4 Å². The summed E-state index contributed by atoms with van der Waals surface area (Å²) in [5.74, 6) is -1.68. The van der Waals surface area contributed by atoms with Crippen LogP contribution in [0.1, 0.15) is 31.6 Å². The van der Waals surface area contributed by atoms with Crippen LogP contribution < -0.4 is 4.74 Å². The minimum Gasteiger partial charge on any atom is -0.490 e. The predicted molar refractivity (Wildman–Crippen MR) is 178 cm³/mol. The topological polar surface area (TPSA) is 87.3 Å². The number of amides is 1. The number of methoxy groups -OCH3 is 1. The van der Waals surface area contributed by atoms with Crippen molar-refractivity contribution in [3.8, 4) is 39.5 Å². The van der Waals surface area contributed by atoms with Crippen LogP contribution in [0.15, 0.2) is 66.7 Å². The highest BCUT2D eigenvalue weighted by atomic mass is 32.1. The molecule has 0 saturated heterocycles. The summed E-state index contributed by atoms with van der Waals surface area (Å²) in [6.07, 6.45) is 3.12. The van der Waals surface area contributed by atoms with Gasteiger partial charge in [0.25, 0.3) is 0 Å². The second-order valence-corrected chi connectivity index (χ2v) is 12.5. The molecule has 2 atom stereocenters. The van der Waals surface area contributed by atoms with Gasteiger partial charge in [0.15, 0.2) is 0 Å². The number of carbonyl (C=O) groups excluding carboxylic acids is 1. The van der Waals surface area contributed by atoms with Crippen LogP contribution >= 0.6 is 11.3 Å². The van der Waals surface area contributed by atoms with Gasteiger partial charge in [0.1, 0.15) is 35.4 Å². The summed E-state index contributed by atoms with van der Waals surface area (Å²) in [5, 5.41) is 13.1. The Morgan fingerprint density at radius 1 is 1.11 bits per heavy atom. The molecular formula is C35H32F2N6O3S. The van der Waals surface area contributed by atoms with Crippen molar-refractivity contribution < 1.29 is 23.0 Å². The van der Waals surface area contributed by atoms with Crippen molar-refractivity contribution >= 4 is 38.2 Å². The Morgan fingerprint density at radius 3 is 2.72 bits per heavy atom. The third-order valence-corrected chi connectivity index (χ3v) is 9.61. The van der Waals surface area contributed by atoms with E-state index in [2.05, 4.69) is 11.7 Å². The van der Waals surface area contributed by atoms with Crippen LogP contribution in [0.3, 0.4) is 0 Å². The van der Waals surface area contributed by atoms with E-state index in [0.717, 1.165) is 38.3 Å². The maximum absolute atomic E-state index is 16.1. The number of aromatic nitrogens is 5. The van der Waals surface area contributed by atoms with Crippen molar-refractivity contribution in [3.05, 3.63) is 84.0 Å². The molecule has 2 aromatic carbocycles. The number of thiophene rings is 1. The lowest BCUT2D eigenvalue weighted by Crippen LogP contribution is -2.42. The van der Waals surface area contributed by atoms with Crippen LogP contribution in [-0.2, 0) is 16.6 Å². The molecule has 0 saturated carbocycles. The Labute approximate surface area is 273 Å². The van der Waals surface area contributed by atoms with Crippen LogP contribution in [0, 0.1) is 11.6 Å². The highest BCUT2D eigenvalue weighted by Crippen LogP contribution is 2.48. The van der Waals surface area contributed by atoms with Gasteiger partial charge in [0, 0.05) is 59.4 Å². The van der Waals surface area contributed by atoms with E-state index in [1.54, 1.807) is 11.1 Å². The molecule has 0 aliphatic carbocycles. The average molecular weight is 655 g/mol. The fourth-order valence-electron chi connectivity index (χ4n) is 6.38. The SMILES string of the molecule is C=CC(=O)N1CC(C)n2nc(-c3nc(-c4ccc5c(cnn5C)c4)c4ccsc4c3-c3c(F)cc(F)cc3OCCOC)cc2C1C. The summed E-state index contributed by atoms with van der Waals surface area (Å²) in [7, 11) is 3.42. The number of rotatable bonds is 8. The molecule has 5 heterocycles. The first-order valence-corrected chi connectivity index (χ1v) is 16.1. The van der Waals surface area contributed by atoms with E-state index < -0.39 is 11.6 Å². The molecule has 0 fully saturated rings. The molecule has 2 unspecified atom stereocenters. The Hall–Kier alpha value is -4.94. The van der Waals surface area contributed by atoms with Gasteiger partial charge in [0.2, 0.25) is 5.91 Å². The number of aryl methyl sites for hydroxylation is 1. The summed E-state index contributed by atoms with van der Waals surface area (Å²) in [6.45, 7) is 8.37. The molecule has 12 heteroatoms. The molecule has 1 amide bonds.